The number of aromatic amines is 1. The van der Waals surface area contributed by atoms with Gasteiger partial charge >= 0.3 is 0 Å². The maximum Gasteiger partial charge on any atom is 0.216 e. The molecule has 0 aliphatic heterocycles. The van der Waals surface area contributed by atoms with Crippen molar-refractivity contribution < 1.29 is 0 Å². The zero-order chi connectivity index (χ0) is 15.4. The fraction of sp³-hybridized carbons (Fsp3) is 0.562. The third kappa shape index (κ3) is 3.73. The van der Waals surface area contributed by atoms with Gasteiger partial charge in [-0.15, -0.1) is 11.3 Å². The molecule has 1 aliphatic carbocycles. The van der Waals surface area contributed by atoms with Crippen LogP contribution in [-0.4, -0.2) is 21.1 Å². The first-order valence-electron chi connectivity index (χ1n) is 7.99. The molecule has 0 spiro atoms. The van der Waals surface area contributed by atoms with Gasteiger partial charge in [0.2, 0.25) is 4.77 Å². The Kier molecular flexibility index (Phi) is 5.20. The van der Waals surface area contributed by atoms with Gasteiger partial charge in [-0.25, -0.2) is 0 Å². The summed E-state index contributed by atoms with van der Waals surface area (Å²) >= 11 is 7.00. The molecule has 4 nitrogen and oxygen atoms in total. The van der Waals surface area contributed by atoms with Crippen LogP contribution in [0.25, 0.3) is 0 Å². The molecule has 1 fully saturated rings. The Balaban J connectivity index is 1.69. The Labute approximate surface area is 140 Å². The summed E-state index contributed by atoms with van der Waals surface area (Å²) in [4.78, 5) is 1.17. The monoisotopic (exact) mass is 334 g/mol. The van der Waals surface area contributed by atoms with E-state index in [2.05, 4.69) is 33.7 Å². The molecule has 2 heterocycles. The van der Waals surface area contributed by atoms with Crippen LogP contribution < -0.4 is 0 Å². The molecule has 1 saturated carbocycles. The second-order valence-corrected chi connectivity index (χ2v) is 7.35. The first-order valence-corrected chi connectivity index (χ1v) is 9.27. The fourth-order valence-corrected chi connectivity index (χ4v) is 4.02. The molecule has 0 saturated heterocycles. The lowest BCUT2D eigenvalue weighted by Gasteiger charge is -2.20. The second kappa shape index (κ2) is 7.33. The minimum atomic E-state index is 0.573. The Morgan fingerprint density at radius 3 is 3.00 bits per heavy atom. The lowest BCUT2D eigenvalue weighted by molar-refractivity contribution is 0.336. The van der Waals surface area contributed by atoms with Gasteiger partial charge in [0, 0.05) is 6.42 Å². The quantitative estimate of drug-likeness (QED) is 0.636. The number of thiophene rings is 1. The second-order valence-electron chi connectivity index (χ2n) is 6.01. The smallest absolute Gasteiger partial charge is 0.216 e. The molecule has 1 aliphatic rings. The van der Waals surface area contributed by atoms with Gasteiger partial charge < -0.3 is 0 Å². The predicted octanol–water partition coefficient (Wildman–Crippen LogP) is 4.71. The van der Waals surface area contributed by atoms with Crippen molar-refractivity contribution in [1.29, 1.82) is 0 Å². The standard InChI is InChI=1S/C16H22N4S2/c1-12-9-10-22-14(12)11-17-20-15(18-19-16(20)21)8-7-13-5-3-2-4-6-13/h9-11,13H,2-8H2,1H3,(H,19,21)/b17-11-. The van der Waals surface area contributed by atoms with Gasteiger partial charge in [-0.2, -0.15) is 14.9 Å². The zero-order valence-electron chi connectivity index (χ0n) is 12.9. The van der Waals surface area contributed by atoms with Gasteiger partial charge in [0.25, 0.3) is 0 Å². The lowest BCUT2D eigenvalue weighted by atomic mass is 9.86. The van der Waals surface area contributed by atoms with Crippen molar-refractivity contribution >= 4 is 29.8 Å². The normalized spacial score (nSPS) is 16.6. The fourth-order valence-electron chi connectivity index (χ4n) is 3.04. The van der Waals surface area contributed by atoms with E-state index in [-0.39, 0.29) is 0 Å². The van der Waals surface area contributed by atoms with Gasteiger partial charge in [-0.05, 0) is 48.5 Å². The van der Waals surface area contributed by atoms with Gasteiger partial charge in [0.1, 0.15) is 0 Å². The summed E-state index contributed by atoms with van der Waals surface area (Å²) < 4.78 is 2.35. The SMILES string of the molecule is Cc1ccsc1/C=N\n1c(CCC2CCCCC2)n[nH]c1=S. The van der Waals surface area contributed by atoms with E-state index in [0.717, 1.165) is 18.2 Å². The van der Waals surface area contributed by atoms with E-state index < -0.39 is 0 Å². The van der Waals surface area contributed by atoms with Gasteiger partial charge in [0.05, 0.1) is 11.1 Å². The van der Waals surface area contributed by atoms with E-state index >= 15 is 0 Å². The van der Waals surface area contributed by atoms with Gasteiger partial charge in [-0.3, -0.25) is 5.10 Å². The molecule has 0 unspecified atom stereocenters. The molecule has 3 rings (SSSR count). The molecule has 0 bridgehead atoms. The van der Waals surface area contributed by atoms with Gasteiger partial charge in [-0.1, -0.05) is 32.1 Å². The highest BCUT2D eigenvalue weighted by Crippen LogP contribution is 2.27. The van der Waals surface area contributed by atoms with Crippen LogP contribution in [0.5, 0.6) is 0 Å². The number of nitrogens with zero attached hydrogens (tertiary/aromatic N) is 3. The van der Waals surface area contributed by atoms with E-state index in [4.69, 9.17) is 12.2 Å². The van der Waals surface area contributed by atoms with Crippen LogP contribution in [0.2, 0.25) is 0 Å². The average molecular weight is 335 g/mol. The highest BCUT2D eigenvalue weighted by atomic mass is 32.1. The maximum absolute atomic E-state index is 5.31. The van der Waals surface area contributed by atoms with Crippen molar-refractivity contribution in [2.45, 2.75) is 51.9 Å². The Hall–Kier alpha value is -1.27. The first kappa shape index (κ1) is 15.6. The number of aryl methyl sites for hydroxylation is 2. The molecule has 118 valence electrons. The third-order valence-corrected chi connectivity index (χ3v) is 5.63. The molecular weight excluding hydrogens is 312 g/mol. The van der Waals surface area contributed by atoms with Crippen molar-refractivity contribution in [3.05, 3.63) is 32.5 Å². The number of hydrogen-bond donors (Lipinski definition) is 1. The molecule has 0 aromatic carbocycles. The van der Waals surface area contributed by atoms with Crippen molar-refractivity contribution in [3.63, 3.8) is 0 Å². The van der Waals surface area contributed by atoms with Crippen LogP contribution in [0.3, 0.4) is 0 Å². The summed E-state index contributed by atoms with van der Waals surface area (Å²) in [7, 11) is 0. The van der Waals surface area contributed by atoms with Crippen molar-refractivity contribution in [2.75, 3.05) is 0 Å². The van der Waals surface area contributed by atoms with Crippen molar-refractivity contribution in [3.8, 4) is 0 Å². The summed E-state index contributed by atoms with van der Waals surface area (Å²) in [5.74, 6) is 1.79. The number of nitrogens with one attached hydrogen (secondary N) is 1. The van der Waals surface area contributed by atoms with E-state index in [9.17, 15) is 0 Å². The summed E-state index contributed by atoms with van der Waals surface area (Å²) in [5.41, 5.74) is 1.24. The van der Waals surface area contributed by atoms with Crippen LogP contribution >= 0.6 is 23.6 Å². The molecule has 0 radical (unpaired) electrons. The molecule has 22 heavy (non-hydrogen) atoms. The highest BCUT2D eigenvalue weighted by molar-refractivity contribution is 7.71. The van der Waals surface area contributed by atoms with Gasteiger partial charge in [0.15, 0.2) is 5.82 Å². The van der Waals surface area contributed by atoms with E-state index in [1.54, 1.807) is 16.0 Å². The lowest BCUT2D eigenvalue weighted by Crippen LogP contribution is -2.09. The molecule has 2 aromatic heterocycles. The molecule has 0 atom stereocenters. The summed E-state index contributed by atoms with van der Waals surface area (Å²) in [6.45, 7) is 2.09. The molecular formula is C16H22N4S2. The minimum Gasteiger partial charge on any atom is -0.250 e. The van der Waals surface area contributed by atoms with Crippen LogP contribution in [0.1, 0.15) is 54.8 Å². The van der Waals surface area contributed by atoms with Crippen LogP contribution in [-0.2, 0) is 6.42 Å². The van der Waals surface area contributed by atoms with Crippen LogP contribution in [0.4, 0.5) is 0 Å². The number of H-pyrrole nitrogens is 1. The Bertz CT molecular complexity index is 689. The summed E-state index contributed by atoms with van der Waals surface area (Å²) in [5, 5.41) is 13.8. The molecule has 1 N–H and O–H groups in total. The average Bonchev–Trinajstić information content (AvgIpc) is 3.10. The van der Waals surface area contributed by atoms with E-state index in [1.165, 1.54) is 49.0 Å². The number of aromatic nitrogens is 3. The maximum atomic E-state index is 5.31. The molecule has 0 amide bonds. The molecule has 2 aromatic rings. The van der Waals surface area contributed by atoms with Crippen LogP contribution in [0.15, 0.2) is 16.5 Å². The van der Waals surface area contributed by atoms with Crippen LogP contribution in [0, 0.1) is 17.6 Å². The highest BCUT2D eigenvalue weighted by Gasteiger charge is 2.15. The minimum absolute atomic E-state index is 0.573. The number of hydrogen-bond acceptors (Lipinski definition) is 4. The summed E-state index contributed by atoms with van der Waals surface area (Å²) in [6.07, 6.45) is 10.9. The van der Waals surface area contributed by atoms with E-state index in [0.29, 0.717) is 4.77 Å². The van der Waals surface area contributed by atoms with Crippen molar-refractivity contribution in [1.82, 2.24) is 14.9 Å². The zero-order valence-corrected chi connectivity index (χ0v) is 14.6. The first-order chi connectivity index (χ1) is 10.7. The third-order valence-electron chi connectivity index (χ3n) is 4.41. The predicted molar refractivity (Wildman–Crippen MR) is 94.4 cm³/mol. The Morgan fingerprint density at radius 2 is 2.27 bits per heavy atom. The summed E-state index contributed by atoms with van der Waals surface area (Å²) in [6, 6.07) is 2.10. The number of rotatable bonds is 5. The van der Waals surface area contributed by atoms with E-state index in [1.807, 2.05) is 6.21 Å². The van der Waals surface area contributed by atoms with Crippen molar-refractivity contribution in [2.24, 2.45) is 11.0 Å². The Morgan fingerprint density at radius 1 is 1.45 bits per heavy atom. The molecule has 6 heteroatoms. The topological polar surface area (TPSA) is 46.0 Å². The largest absolute Gasteiger partial charge is 0.250 e.